The summed E-state index contributed by atoms with van der Waals surface area (Å²) in [6, 6.07) is 13.2. The Labute approximate surface area is 131 Å². The Morgan fingerprint density at radius 3 is 2.90 bits per heavy atom. The maximum Gasteiger partial charge on any atom is 0.124 e. The van der Waals surface area contributed by atoms with Crippen molar-refractivity contribution in [3.05, 3.63) is 64.3 Å². The molecule has 0 fully saturated rings. The highest BCUT2D eigenvalue weighted by atomic mass is 79.9. The molecule has 0 aliphatic heterocycles. The number of hydrogen-bond acceptors (Lipinski definition) is 3. The van der Waals surface area contributed by atoms with Gasteiger partial charge in [-0.05, 0) is 37.3 Å². The van der Waals surface area contributed by atoms with E-state index in [4.69, 9.17) is 0 Å². The van der Waals surface area contributed by atoms with E-state index >= 15 is 0 Å². The molecular weight excluding hydrogens is 328 g/mol. The van der Waals surface area contributed by atoms with Crippen LogP contribution in [0, 0.1) is 6.92 Å². The minimum Gasteiger partial charge on any atom is -0.507 e. The highest BCUT2D eigenvalue weighted by Crippen LogP contribution is 2.30. The zero-order chi connectivity index (χ0) is 14.8. The summed E-state index contributed by atoms with van der Waals surface area (Å²) in [6.45, 7) is 1.98. The molecule has 0 saturated heterocycles. The topological polar surface area (TPSA) is 45.5 Å². The average Bonchev–Trinajstić information content (AvgIpc) is 2.50. The fraction of sp³-hybridized carbons (Fsp3) is 0.0588. The highest BCUT2D eigenvalue weighted by Gasteiger charge is 2.04. The monoisotopic (exact) mass is 340 g/mol. The molecule has 1 aromatic heterocycles. The van der Waals surface area contributed by atoms with Crippen molar-refractivity contribution >= 4 is 38.7 Å². The lowest BCUT2D eigenvalue weighted by molar-refractivity contribution is 0.474. The summed E-state index contributed by atoms with van der Waals surface area (Å²) in [5.74, 6) is 0.221. The van der Waals surface area contributed by atoms with Gasteiger partial charge in [-0.3, -0.25) is 9.98 Å². The number of fused-ring (bicyclic) bond motifs is 1. The number of nitrogens with zero attached hydrogens (tertiary/aromatic N) is 2. The molecule has 3 nitrogen and oxygen atoms in total. The van der Waals surface area contributed by atoms with Crippen molar-refractivity contribution in [3.8, 4) is 5.75 Å². The molecule has 0 spiro atoms. The third-order valence-electron chi connectivity index (χ3n) is 3.22. The molecule has 0 radical (unpaired) electrons. The molecule has 1 N–H and O–H groups in total. The standard InChI is InChI=1S/C17H13BrN2O/c1-11-4-7-16(21)12(9-11)10-20-15-6-5-14(18)13-3-2-8-19-17(13)15/h2-10,21H,1H3. The molecule has 1 heterocycles. The van der Waals surface area contributed by atoms with E-state index in [1.165, 1.54) is 0 Å². The lowest BCUT2D eigenvalue weighted by Crippen LogP contribution is -1.85. The molecule has 0 aliphatic rings. The molecule has 4 heteroatoms. The van der Waals surface area contributed by atoms with E-state index in [2.05, 4.69) is 25.9 Å². The van der Waals surface area contributed by atoms with Crippen LogP contribution < -0.4 is 0 Å². The number of aromatic hydroxyl groups is 1. The molecule has 3 rings (SSSR count). The Balaban J connectivity index is 2.08. The predicted octanol–water partition coefficient (Wildman–Crippen LogP) is 4.76. The zero-order valence-electron chi connectivity index (χ0n) is 11.4. The van der Waals surface area contributed by atoms with E-state index < -0.39 is 0 Å². The van der Waals surface area contributed by atoms with Crippen molar-refractivity contribution < 1.29 is 5.11 Å². The van der Waals surface area contributed by atoms with Gasteiger partial charge in [-0.15, -0.1) is 0 Å². The smallest absolute Gasteiger partial charge is 0.124 e. The fourth-order valence-corrected chi connectivity index (χ4v) is 2.60. The molecule has 0 saturated carbocycles. The SMILES string of the molecule is Cc1ccc(O)c(C=Nc2ccc(Br)c3cccnc23)c1. The first-order chi connectivity index (χ1) is 10.1. The number of pyridine rings is 1. The van der Waals surface area contributed by atoms with Crippen LogP contribution in [0.15, 0.2) is 58.1 Å². The largest absolute Gasteiger partial charge is 0.507 e. The van der Waals surface area contributed by atoms with Crippen LogP contribution in [-0.4, -0.2) is 16.3 Å². The van der Waals surface area contributed by atoms with Gasteiger partial charge in [0.25, 0.3) is 0 Å². The van der Waals surface area contributed by atoms with E-state index in [0.29, 0.717) is 5.56 Å². The second kappa shape index (κ2) is 5.66. The summed E-state index contributed by atoms with van der Waals surface area (Å²) in [7, 11) is 0. The Hall–Kier alpha value is -2.20. The molecule has 0 aliphatic carbocycles. The molecule has 21 heavy (non-hydrogen) atoms. The molecule has 0 bridgehead atoms. The quantitative estimate of drug-likeness (QED) is 0.683. The van der Waals surface area contributed by atoms with Gasteiger partial charge in [0.1, 0.15) is 5.75 Å². The Bertz CT molecular complexity index is 843. The van der Waals surface area contributed by atoms with Crippen LogP contribution in [0.5, 0.6) is 5.75 Å². The number of phenols is 1. The van der Waals surface area contributed by atoms with Gasteiger partial charge in [0.2, 0.25) is 0 Å². The van der Waals surface area contributed by atoms with Gasteiger partial charge in [0, 0.05) is 27.8 Å². The van der Waals surface area contributed by atoms with Gasteiger partial charge in [-0.1, -0.05) is 33.6 Å². The molecule has 3 aromatic rings. The number of aryl methyl sites for hydroxylation is 1. The van der Waals surface area contributed by atoms with Gasteiger partial charge in [-0.25, -0.2) is 0 Å². The van der Waals surface area contributed by atoms with Gasteiger partial charge in [0.05, 0.1) is 11.2 Å². The van der Waals surface area contributed by atoms with Gasteiger partial charge >= 0.3 is 0 Å². The first-order valence-electron chi connectivity index (χ1n) is 6.52. The van der Waals surface area contributed by atoms with Crippen LogP contribution in [-0.2, 0) is 0 Å². The number of aromatic nitrogens is 1. The molecule has 104 valence electrons. The van der Waals surface area contributed by atoms with Crippen LogP contribution in [0.4, 0.5) is 5.69 Å². The van der Waals surface area contributed by atoms with Crippen molar-refractivity contribution in [1.29, 1.82) is 0 Å². The van der Waals surface area contributed by atoms with E-state index in [9.17, 15) is 5.11 Å². The maximum absolute atomic E-state index is 9.86. The Morgan fingerprint density at radius 1 is 1.19 bits per heavy atom. The van der Waals surface area contributed by atoms with E-state index in [1.54, 1.807) is 18.5 Å². The first kappa shape index (κ1) is 13.8. The van der Waals surface area contributed by atoms with Gasteiger partial charge in [0.15, 0.2) is 0 Å². The lowest BCUT2D eigenvalue weighted by atomic mass is 10.1. The minimum atomic E-state index is 0.221. The summed E-state index contributed by atoms with van der Waals surface area (Å²) in [5.41, 5.74) is 3.38. The summed E-state index contributed by atoms with van der Waals surface area (Å²) >= 11 is 3.52. The summed E-state index contributed by atoms with van der Waals surface area (Å²) in [5, 5.41) is 10.9. The van der Waals surface area contributed by atoms with E-state index in [1.807, 2.05) is 43.3 Å². The molecule has 2 aromatic carbocycles. The van der Waals surface area contributed by atoms with Crippen molar-refractivity contribution in [3.63, 3.8) is 0 Å². The molecule has 0 amide bonds. The Morgan fingerprint density at radius 2 is 2.05 bits per heavy atom. The number of hydrogen-bond donors (Lipinski definition) is 1. The van der Waals surface area contributed by atoms with Gasteiger partial charge in [-0.2, -0.15) is 0 Å². The summed E-state index contributed by atoms with van der Waals surface area (Å²) in [6.07, 6.45) is 3.41. The minimum absolute atomic E-state index is 0.221. The first-order valence-corrected chi connectivity index (χ1v) is 7.31. The zero-order valence-corrected chi connectivity index (χ0v) is 13.0. The highest BCUT2D eigenvalue weighted by molar-refractivity contribution is 9.10. The third kappa shape index (κ3) is 2.81. The van der Waals surface area contributed by atoms with Crippen LogP contribution in [0.3, 0.4) is 0 Å². The fourth-order valence-electron chi connectivity index (χ4n) is 2.14. The lowest BCUT2D eigenvalue weighted by Gasteiger charge is -2.04. The number of phenolic OH excluding ortho intramolecular Hbond substituents is 1. The van der Waals surface area contributed by atoms with Crippen molar-refractivity contribution in [2.45, 2.75) is 6.92 Å². The van der Waals surface area contributed by atoms with E-state index in [0.717, 1.165) is 26.6 Å². The molecular formula is C17H13BrN2O. The maximum atomic E-state index is 9.86. The third-order valence-corrected chi connectivity index (χ3v) is 3.91. The van der Waals surface area contributed by atoms with Crippen LogP contribution in [0.2, 0.25) is 0 Å². The Kier molecular flexibility index (Phi) is 3.71. The molecule has 0 atom stereocenters. The number of benzene rings is 2. The van der Waals surface area contributed by atoms with Crippen molar-refractivity contribution in [1.82, 2.24) is 4.98 Å². The average molecular weight is 341 g/mol. The van der Waals surface area contributed by atoms with E-state index in [-0.39, 0.29) is 5.75 Å². The second-order valence-corrected chi connectivity index (χ2v) is 5.64. The van der Waals surface area contributed by atoms with Crippen molar-refractivity contribution in [2.24, 2.45) is 4.99 Å². The number of rotatable bonds is 2. The second-order valence-electron chi connectivity index (χ2n) is 4.79. The van der Waals surface area contributed by atoms with Gasteiger partial charge < -0.3 is 5.11 Å². The van der Waals surface area contributed by atoms with Crippen LogP contribution in [0.25, 0.3) is 10.9 Å². The summed E-state index contributed by atoms with van der Waals surface area (Å²) in [4.78, 5) is 8.87. The molecule has 0 unspecified atom stereocenters. The van der Waals surface area contributed by atoms with Crippen LogP contribution >= 0.6 is 15.9 Å². The predicted molar refractivity (Wildman–Crippen MR) is 89.5 cm³/mol. The normalized spacial score (nSPS) is 11.3. The van der Waals surface area contributed by atoms with Crippen molar-refractivity contribution in [2.75, 3.05) is 0 Å². The van der Waals surface area contributed by atoms with Crippen LogP contribution in [0.1, 0.15) is 11.1 Å². The number of aliphatic imine (C=N–C) groups is 1. The summed E-state index contributed by atoms with van der Waals surface area (Å²) < 4.78 is 0.989. The number of halogens is 1.